The summed E-state index contributed by atoms with van der Waals surface area (Å²) in [6.45, 7) is 4.97. The van der Waals surface area contributed by atoms with Crippen molar-refractivity contribution in [2.75, 3.05) is 6.54 Å². The van der Waals surface area contributed by atoms with Crippen molar-refractivity contribution < 1.29 is 9.90 Å². The minimum absolute atomic E-state index is 0.178. The van der Waals surface area contributed by atoms with Gasteiger partial charge in [0.2, 0.25) is 0 Å². The predicted molar refractivity (Wildman–Crippen MR) is 50.0 cm³/mol. The van der Waals surface area contributed by atoms with Gasteiger partial charge in [-0.25, -0.2) is 4.79 Å². The average molecular weight is 195 g/mol. The summed E-state index contributed by atoms with van der Waals surface area (Å²) < 4.78 is 0. The zero-order chi connectivity index (χ0) is 10.3. The van der Waals surface area contributed by atoms with Gasteiger partial charge >= 0.3 is 6.09 Å². The van der Waals surface area contributed by atoms with Crippen LogP contribution in [0, 0.1) is 0 Å². The maximum Gasteiger partial charge on any atom is 0.407 e. The number of fused-ring (bicyclic) bond motifs is 1. The van der Waals surface area contributed by atoms with Crippen LogP contribution < -0.4 is 0 Å². The van der Waals surface area contributed by atoms with E-state index >= 15 is 0 Å². The number of nitrogens with one attached hydrogen (secondary N) is 1. The van der Waals surface area contributed by atoms with E-state index in [4.69, 9.17) is 5.11 Å². The Balaban J connectivity index is 2.38. The van der Waals surface area contributed by atoms with Crippen molar-refractivity contribution in [2.24, 2.45) is 0 Å². The van der Waals surface area contributed by atoms with Crippen molar-refractivity contribution in [3.8, 4) is 0 Å². The van der Waals surface area contributed by atoms with Gasteiger partial charge in [-0.05, 0) is 0 Å². The molecule has 14 heavy (non-hydrogen) atoms. The van der Waals surface area contributed by atoms with E-state index in [0.29, 0.717) is 13.1 Å². The van der Waals surface area contributed by atoms with Gasteiger partial charge in [0.1, 0.15) is 0 Å². The van der Waals surface area contributed by atoms with Gasteiger partial charge in [0.25, 0.3) is 0 Å². The number of H-pyrrole nitrogens is 1. The Labute approximate surface area is 81.7 Å². The Kier molecular flexibility index (Phi) is 1.77. The van der Waals surface area contributed by atoms with E-state index in [1.165, 1.54) is 4.90 Å². The minimum atomic E-state index is -0.870. The minimum Gasteiger partial charge on any atom is -0.465 e. The molecule has 1 aliphatic heterocycles. The molecule has 1 aliphatic rings. The summed E-state index contributed by atoms with van der Waals surface area (Å²) in [5.41, 5.74) is 1.85. The number of hydrogen-bond acceptors (Lipinski definition) is 2. The van der Waals surface area contributed by atoms with Crippen molar-refractivity contribution in [1.29, 1.82) is 0 Å². The molecule has 0 radical (unpaired) electrons. The summed E-state index contributed by atoms with van der Waals surface area (Å²) in [5.74, 6) is 0. The van der Waals surface area contributed by atoms with Crippen molar-refractivity contribution in [3.63, 3.8) is 0 Å². The van der Waals surface area contributed by atoms with E-state index in [-0.39, 0.29) is 5.41 Å². The second-order valence-corrected chi connectivity index (χ2v) is 4.29. The van der Waals surface area contributed by atoms with Crippen LogP contribution in [0.1, 0.15) is 25.1 Å². The smallest absolute Gasteiger partial charge is 0.407 e. The highest BCUT2D eigenvalue weighted by molar-refractivity contribution is 5.65. The number of carboxylic acid groups (broad SMARTS) is 1. The fourth-order valence-corrected chi connectivity index (χ4v) is 1.97. The molecule has 0 atom stereocenters. The molecule has 0 saturated heterocycles. The zero-order valence-electron chi connectivity index (χ0n) is 8.24. The molecule has 1 amide bonds. The first-order valence-electron chi connectivity index (χ1n) is 4.51. The fraction of sp³-hybridized carbons (Fsp3) is 0.556. The molecule has 0 bridgehead atoms. The largest absolute Gasteiger partial charge is 0.465 e. The highest BCUT2D eigenvalue weighted by atomic mass is 16.4. The van der Waals surface area contributed by atoms with Crippen LogP contribution in [-0.4, -0.2) is 32.8 Å². The van der Waals surface area contributed by atoms with Crippen LogP contribution in [0.2, 0.25) is 0 Å². The summed E-state index contributed by atoms with van der Waals surface area (Å²) in [5, 5.41) is 15.8. The molecular formula is C9H13N3O2. The first-order valence-corrected chi connectivity index (χ1v) is 4.51. The van der Waals surface area contributed by atoms with Crippen molar-refractivity contribution in [2.45, 2.75) is 25.8 Å². The van der Waals surface area contributed by atoms with E-state index in [2.05, 4.69) is 10.2 Å². The highest BCUT2D eigenvalue weighted by Gasteiger charge is 2.35. The third-order valence-corrected chi connectivity index (χ3v) is 2.61. The van der Waals surface area contributed by atoms with Gasteiger partial charge in [0, 0.05) is 23.2 Å². The average Bonchev–Trinajstić information content (AvgIpc) is 2.51. The van der Waals surface area contributed by atoms with E-state index in [9.17, 15) is 4.79 Å². The van der Waals surface area contributed by atoms with Gasteiger partial charge in [0.05, 0.1) is 12.7 Å². The lowest BCUT2D eigenvalue weighted by Gasteiger charge is -2.35. The Morgan fingerprint density at radius 1 is 1.71 bits per heavy atom. The quantitative estimate of drug-likeness (QED) is 0.653. The molecule has 5 heteroatoms. The molecule has 5 nitrogen and oxygen atoms in total. The number of rotatable bonds is 0. The van der Waals surface area contributed by atoms with Crippen LogP contribution in [0.15, 0.2) is 6.20 Å². The Bertz CT molecular complexity index is 370. The molecule has 2 N–H and O–H groups in total. The van der Waals surface area contributed by atoms with Crippen LogP contribution in [0.4, 0.5) is 4.79 Å². The first-order chi connectivity index (χ1) is 6.50. The number of amides is 1. The van der Waals surface area contributed by atoms with Gasteiger partial charge in [-0.2, -0.15) is 5.10 Å². The Hall–Kier alpha value is -1.52. The third-order valence-electron chi connectivity index (χ3n) is 2.61. The molecule has 0 aliphatic carbocycles. The number of hydrogen-bond donors (Lipinski definition) is 2. The lowest BCUT2D eigenvalue weighted by molar-refractivity contribution is 0.124. The van der Waals surface area contributed by atoms with Gasteiger partial charge in [-0.15, -0.1) is 0 Å². The topological polar surface area (TPSA) is 69.2 Å². The third kappa shape index (κ3) is 1.25. The molecule has 1 aromatic heterocycles. The molecular weight excluding hydrogens is 182 g/mol. The molecule has 76 valence electrons. The normalized spacial score (nSPS) is 19.1. The first kappa shape index (κ1) is 9.05. The van der Waals surface area contributed by atoms with E-state index in [1.54, 1.807) is 6.20 Å². The monoisotopic (exact) mass is 195 g/mol. The lowest BCUT2D eigenvalue weighted by Crippen LogP contribution is -2.44. The maximum atomic E-state index is 10.9. The van der Waals surface area contributed by atoms with E-state index < -0.39 is 6.09 Å². The summed E-state index contributed by atoms with van der Waals surface area (Å²) in [7, 11) is 0. The second kappa shape index (κ2) is 2.73. The van der Waals surface area contributed by atoms with E-state index in [1.807, 2.05) is 13.8 Å². The van der Waals surface area contributed by atoms with Crippen molar-refractivity contribution in [3.05, 3.63) is 17.5 Å². The maximum absolute atomic E-state index is 10.9. The highest BCUT2D eigenvalue weighted by Crippen LogP contribution is 2.31. The molecule has 0 fully saturated rings. The van der Waals surface area contributed by atoms with Gasteiger partial charge < -0.3 is 10.0 Å². The molecule has 0 spiro atoms. The molecule has 2 rings (SSSR count). The Morgan fingerprint density at radius 3 is 3.07 bits per heavy atom. The number of carbonyl (C=O) groups is 1. The zero-order valence-corrected chi connectivity index (χ0v) is 8.24. The van der Waals surface area contributed by atoms with Gasteiger partial charge in [-0.1, -0.05) is 13.8 Å². The summed E-state index contributed by atoms with van der Waals surface area (Å²) >= 11 is 0. The molecule has 1 aromatic rings. The summed E-state index contributed by atoms with van der Waals surface area (Å²) in [4.78, 5) is 12.3. The van der Waals surface area contributed by atoms with Crippen molar-refractivity contribution >= 4 is 6.09 Å². The standard InChI is InChI=1S/C9H13N3O2/c1-9(2)5-12(8(13)14)4-6-3-10-11-7(6)9/h3H,4-5H2,1-2H3,(H,10,11)(H,13,14). The predicted octanol–water partition coefficient (Wildman–Crippen LogP) is 1.18. The van der Waals surface area contributed by atoms with E-state index in [0.717, 1.165) is 11.3 Å². The van der Waals surface area contributed by atoms with Crippen LogP contribution in [0.25, 0.3) is 0 Å². The van der Waals surface area contributed by atoms with Gasteiger partial charge in [-0.3, -0.25) is 5.10 Å². The van der Waals surface area contributed by atoms with Crippen LogP contribution in [0.3, 0.4) is 0 Å². The van der Waals surface area contributed by atoms with Crippen LogP contribution >= 0.6 is 0 Å². The molecule has 0 aromatic carbocycles. The summed E-state index contributed by atoms with van der Waals surface area (Å²) in [6.07, 6.45) is 0.830. The van der Waals surface area contributed by atoms with Crippen LogP contribution in [-0.2, 0) is 12.0 Å². The number of nitrogens with zero attached hydrogens (tertiary/aromatic N) is 2. The Morgan fingerprint density at radius 2 is 2.43 bits per heavy atom. The second-order valence-electron chi connectivity index (χ2n) is 4.29. The molecule has 0 saturated carbocycles. The van der Waals surface area contributed by atoms with Crippen LogP contribution in [0.5, 0.6) is 0 Å². The fourth-order valence-electron chi connectivity index (χ4n) is 1.97. The lowest BCUT2D eigenvalue weighted by atomic mass is 9.83. The van der Waals surface area contributed by atoms with Crippen molar-refractivity contribution in [1.82, 2.24) is 15.1 Å². The molecule has 2 heterocycles. The number of aromatic amines is 1. The summed E-state index contributed by atoms with van der Waals surface area (Å²) in [6, 6.07) is 0. The number of aromatic nitrogens is 2. The van der Waals surface area contributed by atoms with Gasteiger partial charge in [0.15, 0.2) is 0 Å². The molecule has 0 unspecified atom stereocenters. The SMILES string of the molecule is CC1(C)CN(C(=O)O)Cc2cn[nH]c21.